The van der Waals surface area contributed by atoms with Crippen molar-refractivity contribution >= 4 is 49.8 Å². The first-order valence-electron chi connectivity index (χ1n) is 8.92. The van der Waals surface area contributed by atoms with Gasteiger partial charge in [0, 0.05) is 0 Å². The van der Waals surface area contributed by atoms with Crippen molar-refractivity contribution in [3.05, 3.63) is 54.1 Å². The van der Waals surface area contributed by atoms with Gasteiger partial charge in [0.1, 0.15) is 5.75 Å². The molecule has 4 rings (SSSR count). The quantitative estimate of drug-likeness (QED) is 0.459. The molecule has 0 spiro atoms. The normalized spacial score (nSPS) is 15.9. The van der Waals surface area contributed by atoms with Crippen molar-refractivity contribution in [2.75, 3.05) is 22.4 Å². The molecule has 0 fully saturated rings. The summed E-state index contributed by atoms with van der Waals surface area (Å²) in [4.78, 5) is 13.0. The molecule has 1 unspecified atom stereocenters. The van der Waals surface area contributed by atoms with Crippen LogP contribution in [0, 0.1) is 6.92 Å². The first-order valence-corrected chi connectivity index (χ1v) is 12.4. The number of fused-ring (bicyclic) bond motifs is 1. The second-order valence-corrected chi connectivity index (χ2v) is 10.4. The van der Waals surface area contributed by atoms with Gasteiger partial charge in [-0.1, -0.05) is 47.4 Å². The molecule has 1 amide bonds. The smallest absolute Gasteiger partial charge is 0.269 e. The van der Waals surface area contributed by atoms with Crippen LogP contribution in [0.15, 0.2) is 57.8 Å². The Bertz CT molecular complexity index is 1180. The summed E-state index contributed by atoms with van der Waals surface area (Å²) in [6.45, 7) is 1.71. The van der Waals surface area contributed by atoms with Crippen LogP contribution in [0.5, 0.6) is 5.75 Å². The van der Waals surface area contributed by atoms with Crippen LogP contribution in [0.1, 0.15) is 5.56 Å². The number of ether oxygens (including phenoxy) is 1. The number of amides is 1. The average molecular weight is 463 g/mol. The van der Waals surface area contributed by atoms with Gasteiger partial charge in [-0.05, 0) is 43.0 Å². The third-order valence-corrected chi connectivity index (χ3v) is 8.03. The lowest BCUT2D eigenvalue weighted by Crippen LogP contribution is -2.48. The van der Waals surface area contributed by atoms with E-state index in [-0.39, 0.29) is 11.4 Å². The molecule has 0 saturated carbocycles. The monoisotopic (exact) mass is 462 g/mol. The number of aryl methyl sites for hydroxylation is 1. The van der Waals surface area contributed by atoms with Crippen molar-refractivity contribution in [2.45, 2.75) is 22.3 Å². The van der Waals surface area contributed by atoms with Crippen molar-refractivity contribution in [3.8, 4) is 5.75 Å². The molecule has 1 aliphatic rings. The van der Waals surface area contributed by atoms with Gasteiger partial charge in [0.25, 0.3) is 15.9 Å². The van der Waals surface area contributed by atoms with Gasteiger partial charge in [-0.15, -0.1) is 10.2 Å². The largest absolute Gasteiger partial charge is 0.476 e. The van der Waals surface area contributed by atoms with Crippen LogP contribution in [-0.2, 0) is 14.8 Å². The highest BCUT2D eigenvalue weighted by Crippen LogP contribution is 2.38. The van der Waals surface area contributed by atoms with E-state index in [9.17, 15) is 13.2 Å². The fraction of sp³-hybridized carbons (Fsp3) is 0.211. The third-order valence-electron chi connectivity index (χ3n) is 4.42. The first-order chi connectivity index (χ1) is 14.4. The molecule has 1 N–H and O–H groups in total. The average Bonchev–Trinajstić information content (AvgIpc) is 3.21. The van der Waals surface area contributed by atoms with E-state index < -0.39 is 22.0 Å². The molecule has 0 aliphatic carbocycles. The van der Waals surface area contributed by atoms with Gasteiger partial charge >= 0.3 is 0 Å². The van der Waals surface area contributed by atoms with Crippen LogP contribution in [-0.4, -0.2) is 43.4 Å². The molecule has 3 aromatic rings. The van der Waals surface area contributed by atoms with Crippen molar-refractivity contribution in [2.24, 2.45) is 0 Å². The van der Waals surface area contributed by atoms with Gasteiger partial charge in [0.05, 0.1) is 17.1 Å². The van der Waals surface area contributed by atoms with Crippen molar-refractivity contribution < 1.29 is 17.9 Å². The number of anilines is 2. The van der Waals surface area contributed by atoms with Crippen molar-refractivity contribution in [1.82, 2.24) is 10.2 Å². The van der Waals surface area contributed by atoms with Gasteiger partial charge in [-0.3, -0.25) is 14.4 Å². The van der Waals surface area contributed by atoms with Crippen molar-refractivity contribution in [1.29, 1.82) is 0 Å². The number of aromatic nitrogens is 2. The zero-order valence-electron chi connectivity index (χ0n) is 16.1. The fourth-order valence-electron chi connectivity index (χ4n) is 2.97. The van der Waals surface area contributed by atoms with E-state index in [1.54, 1.807) is 30.3 Å². The maximum Gasteiger partial charge on any atom is 0.269 e. The summed E-state index contributed by atoms with van der Waals surface area (Å²) < 4.78 is 34.5. The van der Waals surface area contributed by atoms with E-state index in [0.717, 1.165) is 5.56 Å². The molecular formula is C19H18N4O4S3. The minimum atomic E-state index is -3.89. The van der Waals surface area contributed by atoms with Crippen molar-refractivity contribution in [3.63, 3.8) is 0 Å². The summed E-state index contributed by atoms with van der Waals surface area (Å²) in [7, 11) is -3.89. The Kier molecular flexibility index (Phi) is 5.67. The Balaban J connectivity index is 1.67. The minimum Gasteiger partial charge on any atom is -0.476 e. The number of nitrogens with one attached hydrogen (secondary N) is 1. The highest BCUT2D eigenvalue weighted by atomic mass is 32.2. The van der Waals surface area contributed by atoms with E-state index in [1.807, 2.05) is 19.2 Å². The van der Waals surface area contributed by atoms with Crippen LogP contribution in [0.3, 0.4) is 0 Å². The third kappa shape index (κ3) is 4.00. The summed E-state index contributed by atoms with van der Waals surface area (Å²) in [6, 6.07) is 13.3. The molecule has 1 aromatic heterocycles. The molecular weight excluding hydrogens is 444 g/mol. The lowest BCUT2D eigenvalue weighted by molar-refractivity contribution is -0.122. The van der Waals surface area contributed by atoms with Gasteiger partial charge in [-0.25, -0.2) is 8.42 Å². The van der Waals surface area contributed by atoms with Gasteiger partial charge in [-0.2, -0.15) is 0 Å². The number of hydrogen-bond donors (Lipinski definition) is 1. The number of rotatable bonds is 5. The number of carbonyl (C=O) groups excluding carboxylic acids is 1. The second kappa shape index (κ2) is 8.25. The predicted octanol–water partition coefficient (Wildman–Crippen LogP) is 3.16. The molecule has 0 radical (unpaired) electrons. The van der Waals surface area contributed by atoms with Crippen LogP contribution >= 0.6 is 23.1 Å². The van der Waals surface area contributed by atoms with E-state index in [4.69, 9.17) is 4.74 Å². The molecule has 0 saturated heterocycles. The SMILES string of the molecule is CSc1nnc(NC(=O)C2CN(S(=O)(=O)c3ccccc3)c3cc(C)ccc3O2)s1. The summed E-state index contributed by atoms with van der Waals surface area (Å²) in [6.07, 6.45) is 0.821. The topological polar surface area (TPSA) is 101 Å². The molecule has 1 atom stereocenters. The predicted molar refractivity (Wildman–Crippen MR) is 117 cm³/mol. The van der Waals surface area contributed by atoms with Crippen LogP contribution in [0.4, 0.5) is 10.8 Å². The molecule has 0 bridgehead atoms. The van der Waals surface area contributed by atoms with Gasteiger partial charge < -0.3 is 4.74 Å². The number of carbonyl (C=O) groups is 1. The maximum absolute atomic E-state index is 13.3. The lowest BCUT2D eigenvalue weighted by Gasteiger charge is -2.34. The summed E-state index contributed by atoms with van der Waals surface area (Å²) in [5.41, 5.74) is 1.29. The highest BCUT2D eigenvalue weighted by Gasteiger charge is 2.37. The van der Waals surface area contributed by atoms with Crippen LogP contribution in [0.25, 0.3) is 0 Å². The Labute approximate surface area is 182 Å². The zero-order chi connectivity index (χ0) is 21.3. The highest BCUT2D eigenvalue weighted by molar-refractivity contribution is 8.00. The summed E-state index contributed by atoms with van der Waals surface area (Å²) >= 11 is 2.66. The molecule has 8 nitrogen and oxygen atoms in total. The standard InChI is InChI=1S/C19H18N4O4S3/c1-12-8-9-15-14(10-12)23(30(25,26)13-6-4-3-5-7-13)11-16(27-15)17(24)20-18-21-22-19(28-2)29-18/h3-10,16H,11H2,1-2H3,(H,20,21,24). The van der Waals surface area contributed by atoms with E-state index in [2.05, 4.69) is 15.5 Å². The molecule has 156 valence electrons. The van der Waals surface area contributed by atoms with Gasteiger partial charge in [0.15, 0.2) is 10.4 Å². The van der Waals surface area contributed by atoms with Gasteiger partial charge in [0.2, 0.25) is 5.13 Å². The molecule has 11 heteroatoms. The number of hydrogen-bond acceptors (Lipinski definition) is 8. The molecule has 1 aliphatic heterocycles. The Morgan fingerprint density at radius 1 is 1.23 bits per heavy atom. The zero-order valence-corrected chi connectivity index (χ0v) is 18.6. The van der Waals surface area contributed by atoms with E-state index in [1.165, 1.54) is 39.5 Å². The molecule has 2 heterocycles. The number of nitrogens with zero attached hydrogens (tertiary/aromatic N) is 3. The minimum absolute atomic E-state index is 0.146. The Hall–Kier alpha value is -2.63. The number of benzene rings is 2. The first kappa shape index (κ1) is 20.6. The Morgan fingerprint density at radius 2 is 2.00 bits per heavy atom. The van der Waals surface area contributed by atoms with E-state index in [0.29, 0.717) is 20.9 Å². The Morgan fingerprint density at radius 3 is 2.70 bits per heavy atom. The second-order valence-electron chi connectivity index (χ2n) is 6.49. The maximum atomic E-state index is 13.3. The summed E-state index contributed by atoms with van der Waals surface area (Å²) in [5, 5.41) is 10.9. The van der Waals surface area contributed by atoms with Crippen LogP contribution in [0.2, 0.25) is 0 Å². The number of thioether (sulfide) groups is 1. The van der Waals surface area contributed by atoms with Crippen LogP contribution < -0.4 is 14.4 Å². The molecule has 30 heavy (non-hydrogen) atoms. The molecule has 2 aromatic carbocycles. The fourth-order valence-corrected chi connectivity index (χ4v) is 5.64. The summed E-state index contributed by atoms with van der Waals surface area (Å²) in [5.74, 6) is -0.160. The number of sulfonamides is 1. The lowest BCUT2D eigenvalue weighted by atomic mass is 10.1. The van der Waals surface area contributed by atoms with E-state index >= 15 is 0 Å².